The first-order chi connectivity index (χ1) is 12.9. The van der Waals surface area contributed by atoms with Gasteiger partial charge < -0.3 is 15.4 Å². The number of benzene rings is 2. The van der Waals surface area contributed by atoms with Crippen molar-refractivity contribution in [3.8, 4) is 0 Å². The molecule has 3 rings (SSSR count). The number of para-hydroxylation sites is 1. The average molecular weight is 384 g/mol. The summed E-state index contributed by atoms with van der Waals surface area (Å²) in [6.45, 7) is 3.55. The van der Waals surface area contributed by atoms with Gasteiger partial charge in [0.05, 0.1) is 17.4 Å². The van der Waals surface area contributed by atoms with Crippen molar-refractivity contribution in [3.63, 3.8) is 0 Å². The van der Waals surface area contributed by atoms with Crippen LogP contribution in [0.2, 0.25) is 0 Å². The van der Waals surface area contributed by atoms with Crippen LogP contribution in [-0.2, 0) is 19.1 Å². The number of carbonyl (C=O) groups excluding carboxylic acids is 3. The molecule has 2 amide bonds. The second kappa shape index (κ2) is 8.26. The molecule has 7 heteroatoms. The smallest absolute Gasteiger partial charge is 0.307 e. The van der Waals surface area contributed by atoms with Gasteiger partial charge in [0.15, 0.2) is 6.61 Å². The van der Waals surface area contributed by atoms with Crippen molar-refractivity contribution in [1.82, 2.24) is 0 Å². The largest absolute Gasteiger partial charge is 0.456 e. The van der Waals surface area contributed by atoms with Crippen molar-refractivity contribution >= 4 is 40.9 Å². The predicted octanol–water partition coefficient (Wildman–Crippen LogP) is 3.29. The van der Waals surface area contributed by atoms with Crippen molar-refractivity contribution in [2.24, 2.45) is 0 Å². The molecule has 2 N–H and O–H groups in total. The molecule has 0 saturated heterocycles. The molecule has 140 valence electrons. The number of nitrogens with one attached hydrogen (secondary N) is 2. The van der Waals surface area contributed by atoms with E-state index in [-0.39, 0.29) is 18.9 Å². The zero-order chi connectivity index (χ0) is 19.4. The highest BCUT2D eigenvalue weighted by molar-refractivity contribution is 8.01. The van der Waals surface area contributed by atoms with Crippen molar-refractivity contribution in [2.75, 3.05) is 17.2 Å². The molecule has 1 atom stereocenters. The van der Waals surface area contributed by atoms with E-state index in [1.54, 1.807) is 6.07 Å². The summed E-state index contributed by atoms with van der Waals surface area (Å²) in [6.07, 6.45) is -0.0955. The van der Waals surface area contributed by atoms with E-state index in [0.29, 0.717) is 5.69 Å². The Morgan fingerprint density at radius 2 is 1.93 bits per heavy atom. The molecule has 0 unspecified atom stereocenters. The van der Waals surface area contributed by atoms with Crippen LogP contribution in [0, 0.1) is 13.8 Å². The molecule has 1 heterocycles. The number of esters is 1. The van der Waals surface area contributed by atoms with E-state index in [0.717, 1.165) is 21.7 Å². The highest BCUT2D eigenvalue weighted by Gasteiger charge is 2.29. The number of rotatable bonds is 5. The standard InChI is InChI=1S/C20H20N2O4S/c1-12-7-8-14(9-13(12)2)21-18(23)11-26-19(24)10-17-20(25)22-15-5-3-4-6-16(15)27-17/h3-9,17H,10-11H2,1-2H3,(H,21,23)(H,22,25)/t17-/m0/s1. The van der Waals surface area contributed by atoms with Crippen LogP contribution in [0.25, 0.3) is 0 Å². The van der Waals surface area contributed by atoms with Gasteiger partial charge in [-0.3, -0.25) is 14.4 Å². The molecule has 27 heavy (non-hydrogen) atoms. The van der Waals surface area contributed by atoms with Crippen molar-refractivity contribution in [1.29, 1.82) is 0 Å². The Bertz CT molecular complexity index is 897. The number of hydrogen-bond donors (Lipinski definition) is 2. The van der Waals surface area contributed by atoms with Crippen molar-refractivity contribution in [3.05, 3.63) is 53.6 Å². The lowest BCUT2D eigenvalue weighted by molar-refractivity contribution is -0.147. The molecule has 1 aliphatic rings. The molecule has 1 aliphatic heterocycles. The van der Waals surface area contributed by atoms with E-state index in [1.807, 2.05) is 50.2 Å². The van der Waals surface area contributed by atoms with E-state index in [2.05, 4.69) is 10.6 Å². The van der Waals surface area contributed by atoms with Gasteiger partial charge in [-0.1, -0.05) is 18.2 Å². The SMILES string of the molecule is Cc1ccc(NC(=O)COC(=O)C[C@@H]2Sc3ccccc3NC2=O)cc1C. The number of carbonyl (C=O) groups is 3. The van der Waals surface area contributed by atoms with Gasteiger partial charge in [0, 0.05) is 10.6 Å². The van der Waals surface area contributed by atoms with Crippen LogP contribution in [0.15, 0.2) is 47.4 Å². The summed E-state index contributed by atoms with van der Waals surface area (Å²) in [5.74, 6) is -1.25. The minimum atomic E-state index is -0.586. The lowest BCUT2D eigenvalue weighted by Gasteiger charge is -2.23. The second-order valence-electron chi connectivity index (χ2n) is 6.30. The topological polar surface area (TPSA) is 84.5 Å². The fourth-order valence-corrected chi connectivity index (χ4v) is 3.69. The van der Waals surface area contributed by atoms with Crippen LogP contribution < -0.4 is 10.6 Å². The predicted molar refractivity (Wildman–Crippen MR) is 105 cm³/mol. The summed E-state index contributed by atoms with van der Waals surface area (Å²) in [4.78, 5) is 37.0. The average Bonchev–Trinajstić information content (AvgIpc) is 2.64. The first kappa shape index (κ1) is 19.0. The summed E-state index contributed by atoms with van der Waals surface area (Å²) >= 11 is 1.32. The van der Waals surface area contributed by atoms with Gasteiger partial charge in [-0.2, -0.15) is 0 Å². The molecule has 0 saturated carbocycles. The van der Waals surface area contributed by atoms with E-state index in [1.165, 1.54) is 11.8 Å². The molecule has 6 nitrogen and oxygen atoms in total. The quantitative estimate of drug-likeness (QED) is 0.773. The molecular weight excluding hydrogens is 364 g/mol. The van der Waals surface area contributed by atoms with Crippen LogP contribution in [0.1, 0.15) is 17.5 Å². The third-order valence-corrected chi connectivity index (χ3v) is 5.49. The molecule has 2 aromatic rings. The fourth-order valence-electron chi connectivity index (χ4n) is 2.60. The molecular formula is C20H20N2O4S. The van der Waals surface area contributed by atoms with Gasteiger partial charge >= 0.3 is 5.97 Å². The van der Waals surface area contributed by atoms with Gasteiger partial charge in [-0.15, -0.1) is 11.8 Å². The number of anilines is 2. The van der Waals surface area contributed by atoms with Crippen LogP contribution in [0.5, 0.6) is 0 Å². The summed E-state index contributed by atoms with van der Waals surface area (Å²) in [5, 5.41) is 4.89. The minimum absolute atomic E-state index is 0.0955. The Morgan fingerprint density at radius 3 is 2.70 bits per heavy atom. The maximum atomic E-state index is 12.1. The fraction of sp³-hybridized carbons (Fsp3) is 0.250. The minimum Gasteiger partial charge on any atom is -0.456 e. The maximum Gasteiger partial charge on any atom is 0.307 e. The molecule has 2 aromatic carbocycles. The molecule has 0 spiro atoms. The highest BCUT2D eigenvalue weighted by Crippen LogP contribution is 2.36. The van der Waals surface area contributed by atoms with Crippen LogP contribution in [-0.4, -0.2) is 29.6 Å². The molecule has 0 fully saturated rings. The zero-order valence-corrected chi connectivity index (χ0v) is 15.9. The monoisotopic (exact) mass is 384 g/mol. The number of hydrogen-bond acceptors (Lipinski definition) is 5. The maximum absolute atomic E-state index is 12.1. The summed E-state index contributed by atoms with van der Waals surface area (Å²) < 4.78 is 5.02. The van der Waals surface area contributed by atoms with Gasteiger partial charge in [0.2, 0.25) is 5.91 Å². The Hall–Kier alpha value is -2.80. The van der Waals surface area contributed by atoms with E-state index in [4.69, 9.17) is 4.74 Å². The Balaban J connectivity index is 1.49. The van der Waals surface area contributed by atoms with E-state index in [9.17, 15) is 14.4 Å². The third-order valence-electron chi connectivity index (χ3n) is 4.21. The van der Waals surface area contributed by atoms with Gasteiger partial charge in [-0.25, -0.2) is 0 Å². The summed E-state index contributed by atoms with van der Waals surface area (Å²) in [6, 6.07) is 13.0. The number of fused-ring (bicyclic) bond motifs is 1. The third kappa shape index (κ3) is 4.89. The number of amides is 2. The van der Waals surface area contributed by atoms with Gasteiger partial charge in [0.1, 0.15) is 0 Å². The summed E-state index contributed by atoms with van der Waals surface area (Å²) in [7, 11) is 0. The first-order valence-corrected chi connectivity index (χ1v) is 9.39. The van der Waals surface area contributed by atoms with Crippen LogP contribution >= 0.6 is 11.8 Å². The Morgan fingerprint density at radius 1 is 1.15 bits per heavy atom. The van der Waals surface area contributed by atoms with Crippen molar-refractivity contribution in [2.45, 2.75) is 30.4 Å². The van der Waals surface area contributed by atoms with Gasteiger partial charge in [0.25, 0.3) is 5.91 Å². The lowest BCUT2D eigenvalue weighted by Crippen LogP contribution is -2.32. The first-order valence-electron chi connectivity index (χ1n) is 8.51. The molecule has 0 radical (unpaired) electrons. The second-order valence-corrected chi connectivity index (χ2v) is 7.55. The van der Waals surface area contributed by atoms with Crippen molar-refractivity contribution < 1.29 is 19.1 Å². The number of ether oxygens (including phenoxy) is 1. The summed E-state index contributed by atoms with van der Waals surface area (Å²) in [5.41, 5.74) is 3.58. The van der Waals surface area contributed by atoms with E-state index >= 15 is 0 Å². The van der Waals surface area contributed by atoms with Gasteiger partial charge in [-0.05, 0) is 49.2 Å². The lowest BCUT2D eigenvalue weighted by atomic mass is 10.1. The highest BCUT2D eigenvalue weighted by atomic mass is 32.2. The Kier molecular flexibility index (Phi) is 5.81. The number of aryl methyl sites for hydroxylation is 2. The molecule has 0 bridgehead atoms. The number of thioether (sulfide) groups is 1. The molecule has 0 aromatic heterocycles. The Labute approximate surface area is 161 Å². The van der Waals surface area contributed by atoms with Crippen LogP contribution in [0.4, 0.5) is 11.4 Å². The zero-order valence-electron chi connectivity index (χ0n) is 15.1. The molecule has 0 aliphatic carbocycles. The normalized spacial score (nSPS) is 15.5. The van der Waals surface area contributed by atoms with Crippen LogP contribution in [0.3, 0.4) is 0 Å². The van der Waals surface area contributed by atoms with E-state index < -0.39 is 17.1 Å².